The number of rotatable bonds is 12. The second-order valence-electron chi connectivity index (χ2n) is 10.2. The summed E-state index contributed by atoms with van der Waals surface area (Å²) in [5.74, 6) is -0.255. The summed E-state index contributed by atoms with van der Waals surface area (Å²) in [6.07, 6.45) is -4.07. The minimum Gasteiger partial charge on any atom is -0.507 e. The van der Waals surface area contributed by atoms with Crippen LogP contribution in [0.15, 0.2) is 103 Å². The van der Waals surface area contributed by atoms with Crippen LogP contribution in [0.5, 0.6) is 11.5 Å². The first-order valence-electron chi connectivity index (χ1n) is 13.8. The maximum Gasteiger partial charge on any atom is 0.419 e. The van der Waals surface area contributed by atoms with Crippen LogP contribution >= 0.6 is 0 Å². The summed E-state index contributed by atoms with van der Waals surface area (Å²) in [6.45, 7) is 3.01. The maximum atomic E-state index is 13.5. The van der Waals surface area contributed by atoms with Crippen LogP contribution < -0.4 is 9.64 Å². The van der Waals surface area contributed by atoms with E-state index >= 15 is 0 Å². The molecule has 5 nitrogen and oxygen atoms in total. The number of carbonyl (C=O) groups excluding carboxylic acids is 1. The van der Waals surface area contributed by atoms with E-state index in [0.29, 0.717) is 31.9 Å². The average molecular weight is 577 g/mol. The number of hydrogen-bond acceptors (Lipinski definition) is 4. The first-order valence-corrected chi connectivity index (χ1v) is 13.8. The molecule has 0 atom stereocenters. The van der Waals surface area contributed by atoms with Crippen molar-refractivity contribution in [2.24, 2.45) is 0 Å². The molecule has 0 aliphatic carbocycles. The molecule has 0 fully saturated rings. The smallest absolute Gasteiger partial charge is 0.419 e. The van der Waals surface area contributed by atoms with Crippen molar-refractivity contribution >= 4 is 11.6 Å². The lowest BCUT2D eigenvalue weighted by molar-refractivity contribution is -0.138. The quantitative estimate of drug-likeness (QED) is 0.178. The number of carbonyl (C=O) groups is 1. The third-order valence-corrected chi connectivity index (χ3v) is 7.23. The highest BCUT2D eigenvalue weighted by Gasteiger charge is 2.34. The fraction of sp³-hybridized carbons (Fsp3) is 0.265. The Balaban J connectivity index is 1.55. The van der Waals surface area contributed by atoms with E-state index in [2.05, 4.69) is 4.90 Å². The fourth-order valence-electron chi connectivity index (χ4n) is 4.90. The minimum atomic E-state index is -4.65. The Morgan fingerprint density at radius 2 is 1.50 bits per heavy atom. The molecular weight excluding hydrogens is 541 g/mol. The van der Waals surface area contributed by atoms with Gasteiger partial charge in [-0.3, -0.25) is 9.69 Å². The molecule has 0 radical (unpaired) electrons. The number of nitrogens with zero attached hydrogens (tertiary/aromatic N) is 2. The lowest BCUT2D eigenvalue weighted by Crippen LogP contribution is -2.31. The van der Waals surface area contributed by atoms with Gasteiger partial charge < -0.3 is 14.7 Å². The second-order valence-corrected chi connectivity index (χ2v) is 10.2. The van der Waals surface area contributed by atoms with Gasteiger partial charge in [0.1, 0.15) is 11.5 Å². The highest BCUT2D eigenvalue weighted by Crippen LogP contribution is 2.38. The van der Waals surface area contributed by atoms with Crippen molar-refractivity contribution in [3.05, 3.63) is 125 Å². The molecule has 4 rings (SSSR count). The lowest BCUT2D eigenvalue weighted by atomic mass is 9.90. The van der Waals surface area contributed by atoms with Gasteiger partial charge in [0.2, 0.25) is 5.91 Å². The third-order valence-electron chi connectivity index (χ3n) is 7.23. The molecular formula is C34H35F3N2O3. The van der Waals surface area contributed by atoms with E-state index < -0.39 is 17.5 Å². The topological polar surface area (TPSA) is 53.0 Å². The van der Waals surface area contributed by atoms with Crippen LogP contribution in [0, 0.1) is 0 Å². The van der Waals surface area contributed by atoms with Gasteiger partial charge in [-0.2, -0.15) is 13.2 Å². The standard InChI is InChI=1S/C34H35F3N2O3/c1-25(40)38(2)29-17-10-18-30(22-29)42-21-11-20-39(23-28-16-9-19-32(33(28)41)34(35,36)37)24-31(26-12-5-3-6-13-26)27-14-7-4-8-15-27/h3-10,12-19,22,31,41H,11,20-21,23-24H2,1-2H3. The summed E-state index contributed by atoms with van der Waals surface area (Å²) in [5, 5.41) is 10.6. The van der Waals surface area contributed by atoms with Crippen molar-refractivity contribution in [1.29, 1.82) is 0 Å². The molecule has 4 aromatic rings. The Morgan fingerprint density at radius 3 is 2.10 bits per heavy atom. The first kappa shape index (κ1) is 30.7. The summed E-state index contributed by atoms with van der Waals surface area (Å²) in [6, 6.07) is 31.0. The molecule has 0 unspecified atom stereocenters. The molecule has 0 aliphatic heterocycles. The minimum absolute atomic E-state index is 0.0416. The van der Waals surface area contributed by atoms with Crippen LogP contribution in [0.1, 0.15) is 41.5 Å². The molecule has 0 saturated heterocycles. The predicted molar refractivity (Wildman–Crippen MR) is 159 cm³/mol. The van der Waals surface area contributed by atoms with Crippen LogP contribution in [-0.2, 0) is 17.5 Å². The average Bonchev–Trinajstić information content (AvgIpc) is 2.98. The summed E-state index contributed by atoms with van der Waals surface area (Å²) in [7, 11) is 1.69. The third kappa shape index (κ3) is 8.13. The number of ether oxygens (including phenoxy) is 1. The summed E-state index contributed by atoms with van der Waals surface area (Å²) in [4.78, 5) is 15.3. The molecule has 0 saturated carbocycles. The van der Waals surface area contributed by atoms with Crippen molar-refractivity contribution in [1.82, 2.24) is 4.90 Å². The molecule has 0 bridgehead atoms. The zero-order valence-electron chi connectivity index (χ0n) is 23.7. The molecule has 0 heterocycles. The number of halogens is 3. The van der Waals surface area contributed by atoms with Gasteiger partial charge >= 0.3 is 6.18 Å². The molecule has 1 N–H and O–H groups in total. The summed E-state index contributed by atoms with van der Waals surface area (Å²) >= 11 is 0. The van der Waals surface area contributed by atoms with Crippen LogP contribution in [0.25, 0.3) is 0 Å². The largest absolute Gasteiger partial charge is 0.507 e. The highest BCUT2D eigenvalue weighted by atomic mass is 19.4. The summed E-state index contributed by atoms with van der Waals surface area (Å²) in [5.41, 5.74) is 2.07. The van der Waals surface area contributed by atoms with E-state index in [0.717, 1.165) is 22.9 Å². The van der Waals surface area contributed by atoms with Crippen molar-refractivity contribution in [3.63, 3.8) is 0 Å². The molecule has 0 spiro atoms. The SMILES string of the molecule is CC(=O)N(C)c1cccc(OCCCN(Cc2cccc(C(F)(F)F)c2O)CC(c2ccccc2)c2ccccc2)c1. The number of hydrogen-bond donors (Lipinski definition) is 1. The molecule has 0 aromatic heterocycles. The van der Waals surface area contributed by atoms with Crippen LogP contribution in [0.2, 0.25) is 0 Å². The zero-order chi connectivity index (χ0) is 30.1. The van der Waals surface area contributed by atoms with Crippen LogP contribution in [-0.4, -0.2) is 42.7 Å². The number of anilines is 1. The Labute approximate surface area is 244 Å². The van der Waals surface area contributed by atoms with Crippen molar-refractivity contribution in [2.75, 3.05) is 31.6 Å². The number of phenols is 1. The molecule has 0 aliphatic rings. The van der Waals surface area contributed by atoms with Gasteiger partial charge in [0.25, 0.3) is 0 Å². The van der Waals surface area contributed by atoms with Gasteiger partial charge in [0.15, 0.2) is 0 Å². The van der Waals surface area contributed by atoms with E-state index in [4.69, 9.17) is 4.74 Å². The Bertz CT molecular complexity index is 1410. The zero-order valence-corrected chi connectivity index (χ0v) is 23.7. The monoisotopic (exact) mass is 576 g/mol. The molecule has 42 heavy (non-hydrogen) atoms. The van der Waals surface area contributed by atoms with E-state index in [1.807, 2.05) is 78.9 Å². The molecule has 4 aromatic carbocycles. The normalized spacial score (nSPS) is 11.6. The molecule has 220 valence electrons. The van der Waals surface area contributed by atoms with Crippen molar-refractivity contribution in [2.45, 2.75) is 32.0 Å². The van der Waals surface area contributed by atoms with E-state index in [9.17, 15) is 23.1 Å². The van der Waals surface area contributed by atoms with Gasteiger partial charge in [-0.25, -0.2) is 0 Å². The number of alkyl halides is 3. The van der Waals surface area contributed by atoms with Crippen molar-refractivity contribution in [3.8, 4) is 11.5 Å². The van der Waals surface area contributed by atoms with E-state index in [1.54, 1.807) is 13.1 Å². The van der Waals surface area contributed by atoms with E-state index in [1.165, 1.54) is 24.0 Å². The number of benzene rings is 4. The molecule has 8 heteroatoms. The number of phenolic OH excluding ortho intramolecular Hbond substituents is 1. The lowest BCUT2D eigenvalue weighted by Gasteiger charge is -2.29. The first-order chi connectivity index (χ1) is 20.1. The maximum absolute atomic E-state index is 13.5. The molecule has 1 amide bonds. The summed E-state index contributed by atoms with van der Waals surface area (Å²) < 4.78 is 46.6. The van der Waals surface area contributed by atoms with Gasteiger partial charge in [-0.15, -0.1) is 0 Å². The highest BCUT2D eigenvalue weighted by molar-refractivity contribution is 5.91. The second kappa shape index (κ2) is 14.0. The Morgan fingerprint density at radius 1 is 0.881 bits per heavy atom. The predicted octanol–water partition coefficient (Wildman–Crippen LogP) is 7.50. The van der Waals surface area contributed by atoms with Gasteiger partial charge in [0, 0.05) is 56.8 Å². The number of aromatic hydroxyl groups is 1. The van der Waals surface area contributed by atoms with Crippen LogP contribution in [0.4, 0.5) is 18.9 Å². The van der Waals surface area contributed by atoms with Gasteiger partial charge in [-0.05, 0) is 35.7 Å². The van der Waals surface area contributed by atoms with Crippen LogP contribution in [0.3, 0.4) is 0 Å². The number of amides is 1. The van der Waals surface area contributed by atoms with E-state index in [-0.39, 0.29) is 23.9 Å². The number of para-hydroxylation sites is 1. The Hall–Kier alpha value is -4.30. The van der Waals surface area contributed by atoms with Gasteiger partial charge in [-0.1, -0.05) is 78.9 Å². The van der Waals surface area contributed by atoms with Crippen molar-refractivity contribution < 1.29 is 27.8 Å². The van der Waals surface area contributed by atoms with Gasteiger partial charge in [0.05, 0.1) is 12.2 Å². The Kier molecular flexibility index (Phi) is 10.3. The fourth-order valence-corrected chi connectivity index (χ4v) is 4.90.